The smallest absolute Gasteiger partial charge is 0.244 e. The van der Waals surface area contributed by atoms with Gasteiger partial charge in [0.1, 0.15) is 5.84 Å². The molecule has 0 aliphatic carbocycles. The van der Waals surface area contributed by atoms with Crippen LogP contribution in [0.15, 0.2) is 34.2 Å². The van der Waals surface area contributed by atoms with Crippen LogP contribution in [0, 0.1) is 0 Å². The van der Waals surface area contributed by atoms with Gasteiger partial charge in [-0.3, -0.25) is 4.79 Å². The first-order valence-electron chi connectivity index (χ1n) is 3.73. The Hall–Kier alpha value is -1.29. The van der Waals surface area contributed by atoms with Gasteiger partial charge in [-0.25, -0.2) is 0 Å². The maximum atomic E-state index is 10.6. The third-order valence-electron chi connectivity index (χ3n) is 1.44. The molecule has 1 rings (SSSR count). The second-order valence-corrected chi connectivity index (χ2v) is 3.08. The molecule has 0 aliphatic rings. The molecule has 0 atom stereocenters. The van der Waals surface area contributed by atoms with E-state index in [2.05, 4.69) is 17.6 Å². The lowest BCUT2D eigenvalue weighted by Gasteiger charge is -1.98. The van der Waals surface area contributed by atoms with Gasteiger partial charge in [0, 0.05) is 17.4 Å². The van der Waals surface area contributed by atoms with Gasteiger partial charge in [0.25, 0.3) is 0 Å². The Morgan fingerprint density at radius 1 is 1.38 bits per heavy atom. The van der Waals surface area contributed by atoms with E-state index in [-0.39, 0.29) is 11.7 Å². The fourth-order valence-corrected chi connectivity index (χ4v) is 1.02. The molecule has 0 aromatic heterocycles. The van der Waals surface area contributed by atoms with Crippen LogP contribution < -0.4 is 5.73 Å². The van der Waals surface area contributed by atoms with Gasteiger partial charge in [-0.1, -0.05) is 12.1 Å². The molecule has 2 N–H and O–H groups in total. The molecule has 0 radical (unpaired) electrons. The van der Waals surface area contributed by atoms with Crippen molar-refractivity contribution in [2.75, 3.05) is 0 Å². The number of nitrogens with two attached hydrogens (primary N) is 1. The number of hydrogen-bond donors (Lipinski definition) is 2. The van der Waals surface area contributed by atoms with Crippen molar-refractivity contribution in [1.82, 2.24) is 0 Å². The van der Waals surface area contributed by atoms with E-state index in [4.69, 9.17) is 5.73 Å². The molecular weight excluding hydrogens is 184 g/mol. The summed E-state index contributed by atoms with van der Waals surface area (Å²) in [6.45, 7) is 1.36. The van der Waals surface area contributed by atoms with Crippen LogP contribution in [-0.2, 0) is 4.79 Å². The minimum atomic E-state index is -0.299. The zero-order valence-electron chi connectivity index (χ0n) is 7.19. The predicted octanol–water partition coefficient (Wildman–Crippen LogP) is 1.23. The second-order valence-electron chi connectivity index (χ2n) is 2.56. The molecule has 4 heteroatoms. The summed E-state index contributed by atoms with van der Waals surface area (Å²) < 4.78 is 0. The van der Waals surface area contributed by atoms with Crippen molar-refractivity contribution in [2.45, 2.75) is 11.8 Å². The first kappa shape index (κ1) is 9.80. The molecule has 0 saturated heterocycles. The summed E-state index contributed by atoms with van der Waals surface area (Å²) in [5.74, 6) is -0.0618. The van der Waals surface area contributed by atoms with Crippen molar-refractivity contribution in [3.63, 3.8) is 0 Å². The summed E-state index contributed by atoms with van der Waals surface area (Å²) in [6, 6.07) is 7.12. The third-order valence-corrected chi connectivity index (χ3v) is 1.74. The molecule has 0 aliphatic heterocycles. The molecule has 0 spiro atoms. The normalized spacial score (nSPS) is 11.4. The minimum Gasteiger partial charge on any atom is -0.383 e. The summed E-state index contributed by atoms with van der Waals surface area (Å²) in [5.41, 5.74) is 6.28. The van der Waals surface area contributed by atoms with Gasteiger partial charge in [0.2, 0.25) is 5.91 Å². The van der Waals surface area contributed by atoms with Gasteiger partial charge >= 0.3 is 0 Å². The Kier molecular flexibility index (Phi) is 3.08. The lowest BCUT2D eigenvalue weighted by Crippen LogP contribution is -2.14. The number of amidine groups is 1. The van der Waals surface area contributed by atoms with Crippen molar-refractivity contribution < 1.29 is 4.79 Å². The van der Waals surface area contributed by atoms with Gasteiger partial charge in [-0.05, 0) is 12.1 Å². The number of hydrogen-bond acceptors (Lipinski definition) is 2. The fourth-order valence-electron chi connectivity index (χ4n) is 0.866. The van der Waals surface area contributed by atoms with E-state index in [1.807, 2.05) is 0 Å². The lowest BCUT2D eigenvalue weighted by atomic mass is 10.2. The van der Waals surface area contributed by atoms with Crippen molar-refractivity contribution in [3.05, 3.63) is 29.8 Å². The largest absolute Gasteiger partial charge is 0.383 e. The van der Waals surface area contributed by atoms with Crippen molar-refractivity contribution >= 4 is 24.4 Å². The van der Waals surface area contributed by atoms with Crippen LogP contribution >= 0.6 is 12.6 Å². The molecule has 3 nitrogen and oxygen atoms in total. The molecule has 0 fully saturated rings. The molecule has 1 aromatic carbocycles. The van der Waals surface area contributed by atoms with Gasteiger partial charge < -0.3 is 5.73 Å². The van der Waals surface area contributed by atoms with Crippen LogP contribution in [0.4, 0.5) is 0 Å². The SMILES string of the molecule is CC(=O)N=C(N)c1ccc(S)cc1. The molecule has 1 aromatic rings. The molecule has 68 valence electrons. The zero-order chi connectivity index (χ0) is 9.84. The van der Waals surface area contributed by atoms with Crippen molar-refractivity contribution in [1.29, 1.82) is 0 Å². The molecule has 0 bridgehead atoms. The molecule has 0 saturated carbocycles. The van der Waals surface area contributed by atoms with E-state index < -0.39 is 0 Å². The number of carbonyl (C=O) groups excluding carboxylic acids is 1. The number of nitrogens with zero attached hydrogens (tertiary/aromatic N) is 1. The highest BCUT2D eigenvalue weighted by Gasteiger charge is 1.98. The van der Waals surface area contributed by atoms with Crippen molar-refractivity contribution in [3.8, 4) is 0 Å². The maximum Gasteiger partial charge on any atom is 0.244 e. The molecule has 13 heavy (non-hydrogen) atoms. The number of benzene rings is 1. The Morgan fingerprint density at radius 2 is 1.92 bits per heavy atom. The van der Waals surface area contributed by atoms with E-state index in [0.717, 1.165) is 10.5 Å². The topological polar surface area (TPSA) is 55.5 Å². The molecule has 1 amide bonds. The van der Waals surface area contributed by atoms with Crippen LogP contribution in [0.5, 0.6) is 0 Å². The minimum absolute atomic E-state index is 0.237. The molecule has 0 heterocycles. The van der Waals surface area contributed by atoms with Crippen molar-refractivity contribution in [2.24, 2.45) is 10.7 Å². The monoisotopic (exact) mass is 194 g/mol. The highest BCUT2D eigenvalue weighted by molar-refractivity contribution is 7.80. The van der Waals surface area contributed by atoms with Crippen LogP contribution in [0.1, 0.15) is 12.5 Å². The summed E-state index contributed by atoms with van der Waals surface area (Å²) >= 11 is 4.12. The number of rotatable bonds is 1. The van der Waals surface area contributed by atoms with Gasteiger partial charge in [-0.15, -0.1) is 12.6 Å². The first-order valence-corrected chi connectivity index (χ1v) is 4.18. The van der Waals surface area contributed by atoms with Gasteiger partial charge in [0.05, 0.1) is 0 Å². The lowest BCUT2D eigenvalue weighted by molar-refractivity contribution is -0.115. The van der Waals surface area contributed by atoms with E-state index in [0.29, 0.717) is 0 Å². The predicted molar refractivity (Wildman–Crippen MR) is 55.1 cm³/mol. The summed E-state index contributed by atoms with van der Waals surface area (Å²) in [6.07, 6.45) is 0. The highest BCUT2D eigenvalue weighted by Crippen LogP contribution is 2.07. The fraction of sp³-hybridized carbons (Fsp3) is 0.111. The first-order chi connectivity index (χ1) is 6.09. The maximum absolute atomic E-state index is 10.6. The van der Waals surface area contributed by atoms with Gasteiger partial charge in [-0.2, -0.15) is 4.99 Å². The summed E-state index contributed by atoms with van der Waals surface area (Å²) in [7, 11) is 0. The van der Waals surface area contributed by atoms with E-state index in [1.165, 1.54) is 6.92 Å². The zero-order valence-corrected chi connectivity index (χ0v) is 8.08. The summed E-state index contributed by atoms with van der Waals surface area (Å²) in [4.78, 5) is 15.1. The highest BCUT2D eigenvalue weighted by atomic mass is 32.1. The van der Waals surface area contributed by atoms with Crippen LogP contribution in [-0.4, -0.2) is 11.7 Å². The Morgan fingerprint density at radius 3 is 2.38 bits per heavy atom. The number of thiol groups is 1. The standard InChI is InChI=1S/C9H10N2OS/c1-6(12)11-9(10)7-2-4-8(13)5-3-7/h2-5,13H,1H3,(H2,10,11,12). The second kappa shape index (κ2) is 4.09. The average molecular weight is 194 g/mol. The Balaban J connectivity index is 2.96. The van der Waals surface area contributed by atoms with Crippen LogP contribution in [0.2, 0.25) is 0 Å². The van der Waals surface area contributed by atoms with E-state index in [1.54, 1.807) is 24.3 Å². The Bertz CT molecular complexity index is 343. The summed E-state index contributed by atoms with van der Waals surface area (Å²) in [5, 5.41) is 0. The number of amides is 1. The van der Waals surface area contributed by atoms with Gasteiger partial charge in [0.15, 0.2) is 0 Å². The van der Waals surface area contributed by atoms with E-state index >= 15 is 0 Å². The molecular formula is C9H10N2OS. The number of carbonyl (C=O) groups is 1. The van der Waals surface area contributed by atoms with E-state index in [9.17, 15) is 4.79 Å². The third kappa shape index (κ3) is 2.91. The van der Waals surface area contributed by atoms with Crippen LogP contribution in [0.25, 0.3) is 0 Å². The molecule has 0 unspecified atom stereocenters. The average Bonchev–Trinajstić information content (AvgIpc) is 2.04. The van der Waals surface area contributed by atoms with Crippen LogP contribution in [0.3, 0.4) is 0 Å². The number of aliphatic imine (C=N–C) groups is 1. The quantitative estimate of drug-likeness (QED) is 0.401. The Labute approximate surface area is 82.1 Å².